The van der Waals surface area contributed by atoms with Crippen LogP contribution < -0.4 is 5.32 Å². The van der Waals surface area contributed by atoms with E-state index in [2.05, 4.69) is 20.8 Å². The Morgan fingerprint density at radius 1 is 1.25 bits per heavy atom. The maximum Gasteiger partial charge on any atom is 0.265 e. The summed E-state index contributed by atoms with van der Waals surface area (Å²) in [7, 11) is 1.78. The highest BCUT2D eigenvalue weighted by Crippen LogP contribution is 2.19. The van der Waals surface area contributed by atoms with Gasteiger partial charge in [-0.25, -0.2) is 4.68 Å². The molecule has 1 amide bonds. The molecule has 0 spiro atoms. The van der Waals surface area contributed by atoms with E-state index in [4.69, 9.17) is 0 Å². The Morgan fingerprint density at radius 2 is 2.05 bits per heavy atom. The van der Waals surface area contributed by atoms with Crippen LogP contribution in [0.4, 0.5) is 5.69 Å². The van der Waals surface area contributed by atoms with E-state index >= 15 is 0 Å². The van der Waals surface area contributed by atoms with E-state index in [9.17, 15) is 4.79 Å². The van der Waals surface area contributed by atoms with Gasteiger partial charge in [0, 0.05) is 18.3 Å². The molecule has 0 aliphatic rings. The van der Waals surface area contributed by atoms with Crippen LogP contribution in [-0.4, -0.2) is 26.1 Å². The molecule has 0 fully saturated rings. The van der Waals surface area contributed by atoms with Gasteiger partial charge in [0.15, 0.2) is 5.82 Å². The number of amides is 1. The third kappa shape index (κ3) is 2.43. The van der Waals surface area contributed by atoms with E-state index in [-0.39, 0.29) is 5.91 Å². The molecule has 0 aliphatic heterocycles. The number of thiophene rings is 1. The number of carbonyl (C=O) groups excluding carboxylic acids is 1. The zero-order chi connectivity index (χ0) is 13.9. The highest BCUT2D eigenvalue weighted by atomic mass is 32.1. The van der Waals surface area contributed by atoms with Crippen LogP contribution in [0.1, 0.15) is 9.67 Å². The zero-order valence-electron chi connectivity index (χ0n) is 10.6. The fourth-order valence-electron chi connectivity index (χ4n) is 1.78. The van der Waals surface area contributed by atoms with Crippen LogP contribution in [0.2, 0.25) is 0 Å². The van der Waals surface area contributed by atoms with Gasteiger partial charge in [-0.3, -0.25) is 4.79 Å². The largest absolute Gasteiger partial charge is 0.321 e. The number of aromatic nitrogens is 4. The van der Waals surface area contributed by atoms with Crippen molar-refractivity contribution < 1.29 is 4.79 Å². The summed E-state index contributed by atoms with van der Waals surface area (Å²) in [4.78, 5) is 12.6. The van der Waals surface area contributed by atoms with Crippen LogP contribution in [0, 0.1) is 0 Å². The molecule has 1 N–H and O–H groups in total. The molecule has 0 saturated heterocycles. The fourth-order valence-corrected chi connectivity index (χ4v) is 2.40. The molecule has 0 saturated carbocycles. The Morgan fingerprint density at radius 3 is 2.65 bits per heavy atom. The van der Waals surface area contributed by atoms with Gasteiger partial charge in [0.2, 0.25) is 0 Å². The van der Waals surface area contributed by atoms with Crippen LogP contribution in [0.3, 0.4) is 0 Å². The zero-order valence-corrected chi connectivity index (χ0v) is 11.5. The van der Waals surface area contributed by atoms with Crippen LogP contribution in [0.15, 0.2) is 41.8 Å². The molecule has 0 bridgehead atoms. The van der Waals surface area contributed by atoms with Gasteiger partial charge in [0.1, 0.15) is 0 Å². The number of benzene rings is 1. The van der Waals surface area contributed by atoms with E-state index in [1.54, 1.807) is 17.8 Å². The minimum atomic E-state index is -0.104. The van der Waals surface area contributed by atoms with Crippen molar-refractivity contribution in [3.63, 3.8) is 0 Å². The van der Waals surface area contributed by atoms with E-state index in [0.717, 1.165) is 11.3 Å². The predicted molar refractivity (Wildman–Crippen MR) is 76.5 cm³/mol. The summed E-state index contributed by atoms with van der Waals surface area (Å²) in [5.41, 5.74) is 1.63. The molecule has 20 heavy (non-hydrogen) atoms. The second kappa shape index (κ2) is 5.22. The summed E-state index contributed by atoms with van der Waals surface area (Å²) in [6.07, 6.45) is 0. The van der Waals surface area contributed by atoms with Crippen molar-refractivity contribution in [2.75, 3.05) is 5.32 Å². The predicted octanol–water partition coefficient (Wildman–Crippen LogP) is 2.19. The number of anilines is 1. The van der Waals surface area contributed by atoms with Gasteiger partial charge < -0.3 is 5.32 Å². The molecule has 0 aliphatic carbocycles. The quantitative estimate of drug-likeness (QED) is 0.800. The number of hydrogen-bond donors (Lipinski definition) is 1. The van der Waals surface area contributed by atoms with Gasteiger partial charge in [0.25, 0.3) is 5.91 Å². The van der Waals surface area contributed by atoms with Gasteiger partial charge >= 0.3 is 0 Å². The molecular formula is C13H11N5OS. The highest BCUT2D eigenvalue weighted by Gasteiger charge is 2.08. The summed E-state index contributed by atoms with van der Waals surface area (Å²) < 4.78 is 1.60. The van der Waals surface area contributed by atoms with Crippen molar-refractivity contribution in [1.82, 2.24) is 20.2 Å². The first kappa shape index (κ1) is 12.5. The number of aryl methyl sites for hydroxylation is 1. The number of nitrogens with one attached hydrogen (secondary N) is 1. The average molecular weight is 285 g/mol. The Kier molecular flexibility index (Phi) is 3.26. The average Bonchev–Trinajstić information content (AvgIpc) is 3.11. The second-order valence-electron chi connectivity index (χ2n) is 4.13. The lowest BCUT2D eigenvalue weighted by atomic mass is 10.2. The second-order valence-corrected chi connectivity index (χ2v) is 5.08. The van der Waals surface area contributed by atoms with Gasteiger partial charge in [-0.05, 0) is 46.1 Å². The fraction of sp³-hybridized carbons (Fsp3) is 0.0769. The lowest BCUT2D eigenvalue weighted by molar-refractivity contribution is 0.103. The van der Waals surface area contributed by atoms with E-state index in [1.807, 2.05) is 35.7 Å². The van der Waals surface area contributed by atoms with Gasteiger partial charge in [-0.15, -0.1) is 16.4 Å². The normalized spacial score (nSPS) is 10.4. The molecule has 2 aromatic heterocycles. The molecular weight excluding hydrogens is 274 g/mol. The number of nitrogens with zero attached hydrogens (tertiary/aromatic N) is 4. The van der Waals surface area contributed by atoms with Gasteiger partial charge in [-0.2, -0.15) is 0 Å². The summed E-state index contributed by atoms with van der Waals surface area (Å²) in [5, 5.41) is 16.0. The highest BCUT2D eigenvalue weighted by molar-refractivity contribution is 7.12. The van der Waals surface area contributed by atoms with Crippen LogP contribution in [0.5, 0.6) is 0 Å². The lowest BCUT2D eigenvalue weighted by Gasteiger charge is -2.04. The van der Waals surface area contributed by atoms with E-state index < -0.39 is 0 Å². The monoisotopic (exact) mass is 285 g/mol. The molecule has 3 aromatic rings. The smallest absolute Gasteiger partial charge is 0.265 e. The van der Waals surface area contributed by atoms with Crippen molar-refractivity contribution in [2.24, 2.45) is 7.05 Å². The molecule has 0 radical (unpaired) electrons. The number of tetrazole rings is 1. The summed E-state index contributed by atoms with van der Waals surface area (Å²) >= 11 is 1.41. The Hall–Kier alpha value is -2.54. The topological polar surface area (TPSA) is 72.7 Å². The third-order valence-electron chi connectivity index (χ3n) is 2.77. The standard InChI is InChI=1S/C13H11N5OS/c1-18-12(15-16-17-18)9-4-6-10(7-5-9)14-13(19)11-3-2-8-20-11/h2-8H,1H3,(H,14,19). The first-order valence-electron chi connectivity index (χ1n) is 5.92. The molecule has 7 heteroatoms. The first-order chi connectivity index (χ1) is 9.74. The van der Waals surface area contributed by atoms with E-state index in [1.165, 1.54) is 11.3 Å². The van der Waals surface area contributed by atoms with Crippen LogP contribution >= 0.6 is 11.3 Å². The maximum atomic E-state index is 11.9. The minimum absolute atomic E-state index is 0.104. The van der Waals surface area contributed by atoms with Crippen LogP contribution in [-0.2, 0) is 7.05 Å². The number of carbonyl (C=O) groups is 1. The summed E-state index contributed by atoms with van der Waals surface area (Å²) in [6.45, 7) is 0. The van der Waals surface area contributed by atoms with Gasteiger partial charge in [-0.1, -0.05) is 6.07 Å². The van der Waals surface area contributed by atoms with Crippen molar-refractivity contribution >= 4 is 22.9 Å². The lowest BCUT2D eigenvalue weighted by Crippen LogP contribution is -2.09. The SMILES string of the molecule is Cn1nnnc1-c1ccc(NC(=O)c2cccs2)cc1. The molecule has 3 rings (SSSR count). The molecule has 1 aromatic carbocycles. The number of rotatable bonds is 3. The Bertz CT molecular complexity index is 718. The molecule has 2 heterocycles. The molecule has 100 valence electrons. The number of hydrogen-bond acceptors (Lipinski definition) is 5. The summed E-state index contributed by atoms with van der Waals surface area (Å²) in [5.74, 6) is 0.578. The van der Waals surface area contributed by atoms with Crippen LogP contribution in [0.25, 0.3) is 11.4 Å². The van der Waals surface area contributed by atoms with Crippen molar-refractivity contribution in [3.8, 4) is 11.4 Å². The Labute approximate surface area is 119 Å². The minimum Gasteiger partial charge on any atom is -0.321 e. The van der Waals surface area contributed by atoms with Crippen molar-refractivity contribution in [3.05, 3.63) is 46.7 Å². The van der Waals surface area contributed by atoms with E-state index in [0.29, 0.717) is 10.7 Å². The molecule has 6 nitrogen and oxygen atoms in total. The van der Waals surface area contributed by atoms with Crippen molar-refractivity contribution in [2.45, 2.75) is 0 Å². The molecule has 0 unspecified atom stereocenters. The van der Waals surface area contributed by atoms with Gasteiger partial charge in [0.05, 0.1) is 4.88 Å². The van der Waals surface area contributed by atoms with Crippen molar-refractivity contribution in [1.29, 1.82) is 0 Å². The molecule has 0 atom stereocenters. The third-order valence-corrected chi connectivity index (χ3v) is 3.63. The maximum absolute atomic E-state index is 11.9. The first-order valence-corrected chi connectivity index (χ1v) is 6.79. The Balaban J connectivity index is 1.77. The summed E-state index contributed by atoms with van der Waals surface area (Å²) in [6, 6.07) is 11.0.